The van der Waals surface area contributed by atoms with Gasteiger partial charge in [0.1, 0.15) is 6.04 Å². The highest BCUT2D eigenvalue weighted by atomic mass is 35.5. The molecule has 1 aromatic heterocycles. The molecule has 1 aliphatic carbocycles. The largest absolute Gasteiger partial charge is 0.464 e. The second kappa shape index (κ2) is 16.5. The Morgan fingerprint density at radius 3 is 2.24 bits per heavy atom. The Morgan fingerprint density at radius 2 is 1.64 bits per heavy atom. The molecule has 0 bridgehead atoms. The van der Waals surface area contributed by atoms with E-state index in [1.54, 1.807) is 19.1 Å². The van der Waals surface area contributed by atoms with Crippen LogP contribution >= 0.6 is 11.6 Å². The first kappa shape index (κ1) is 37.6. The van der Waals surface area contributed by atoms with Gasteiger partial charge in [-0.2, -0.15) is 28.1 Å². The number of likely N-dealkylation sites (N-methyl/N-ethyl adjacent to an activating group) is 1. The fourth-order valence-electron chi connectivity index (χ4n) is 4.63. The molecule has 0 spiro atoms. The van der Waals surface area contributed by atoms with Crippen LogP contribution in [0.1, 0.15) is 48.5 Å². The van der Waals surface area contributed by atoms with E-state index in [4.69, 9.17) is 21.1 Å². The molecule has 2 aromatic carbocycles. The van der Waals surface area contributed by atoms with Crippen molar-refractivity contribution in [2.75, 3.05) is 44.5 Å². The summed E-state index contributed by atoms with van der Waals surface area (Å²) in [6.45, 7) is 0.179. The maximum absolute atomic E-state index is 13.0. The van der Waals surface area contributed by atoms with E-state index >= 15 is 0 Å². The molecule has 50 heavy (non-hydrogen) atoms. The second-order valence-electron chi connectivity index (χ2n) is 11.5. The number of alkyl halides is 3. The van der Waals surface area contributed by atoms with Gasteiger partial charge in [-0.15, -0.1) is 0 Å². The zero-order valence-electron chi connectivity index (χ0n) is 27.4. The van der Waals surface area contributed by atoms with Gasteiger partial charge in [0, 0.05) is 36.9 Å². The Labute approximate surface area is 290 Å². The molecule has 1 heterocycles. The Hall–Kier alpha value is -5.19. The Bertz CT molecular complexity index is 1670. The number of aromatic nitrogens is 3. The van der Waals surface area contributed by atoms with Gasteiger partial charge in [0.05, 0.1) is 12.1 Å². The van der Waals surface area contributed by atoms with Crippen molar-refractivity contribution in [1.82, 2.24) is 30.5 Å². The smallest absolute Gasteiger partial charge is 0.422 e. The van der Waals surface area contributed by atoms with Gasteiger partial charge in [-0.25, -0.2) is 4.79 Å². The van der Waals surface area contributed by atoms with Crippen LogP contribution in [0.25, 0.3) is 0 Å². The first-order valence-electron chi connectivity index (χ1n) is 15.5. The van der Waals surface area contributed by atoms with Crippen molar-refractivity contribution in [1.29, 1.82) is 0 Å². The number of rotatable bonds is 15. The number of esters is 1. The minimum absolute atomic E-state index is 0.0167. The predicted molar refractivity (Wildman–Crippen MR) is 176 cm³/mol. The van der Waals surface area contributed by atoms with Gasteiger partial charge in [-0.05, 0) is 74.6 Å². The third-order valence-electron chi connectivity index (χ3n) is 7.31. The van der Waals surface area contributed by atoms with E-state index in [2.05, 4.69) is 36.2 Å². The van der Waals surface area contributed by atoms with Crippen molar-refractivity contribution < 1.29 is 41.8 Å². The molecule has 268 valence electrons. The Kier molecular flexibility index (Phi) is 12.4. The molecule has 1 atom stereocenters. The molecular formula is C32H36ClF3N8O6. The summed E-state index contributed by atoms with van der Waals surface area (Å²) in [7, 11) is 2.89. The number of nitrogens with one attached hydrogen (secondary N) is 4. The fourth-order valence-corrected chi connectivity index (χ4v) is 4.75. The van der Waals surface area contributed by atoms with E-state index in [-0.39, 0.29) is 43.5 Å². The number of amides is 3. The third-order valence-corrected chi connectivity index (χ3v) is 7.56. The van der Waals surface area contributed by atoms with Crippen molar-refractivity contribution in [3.63, 3.8) is 0 Å². The number of hydrogen-bond donors (Lipinski definition) is 4. The molecule has 4 N–H and O–H groups in total. The molecule has 0 saturated heterocycles. The normalized spacial score (nSPS) is 13.7. The summed E-state index contributed by atoms with van der Waals surface area (Å²) in [6, 6.07) is 11.5. The lowest BCUT2D eigenvalue weighted by molar-refractivity contribution is -0.154. The lowest BCUT2D eigenvalue weighted by Gasteiger charge is -2.19. The molecule has 14 nitrogen and oxygen atoms in total. The molecule has 1 fully saturated rings. The van der Waals surface area contributed by atoms with Gasteiger partial charge in [-0.1, -0.05) is 23.7 Å². The van der Waals surface area contributed by atoms with Crippen molar-refractivity contribution in [2.45, 2.75) is 50.4 Å². The molecule has 18 heteroatoms. The molecule has 3 aromatic rings. The minimum atomic E-state index is -4.63. The average Bonchev–Trinajstić information content (AvgIpc) is 3.85. The van der Waals surface area contributed by atoms with Crippen LogP contribution in [0, 0.1) is 0 Å². The highest BCUT2D eigenvalue weighted by molar-refractivity contribution is 6.34. The maximum Gasteiger partial charge on any atom is 0.422 e. The fraction of sp³-hybridized carbons (Fsp3) is 0.406. The SMILES string of the molecule is CCOC(=O)[C@H](CCCNC(=O)C(=O)N(C)C)NC(=O)c1ccc(Nc2nc(NC3(c4ccc(Cl)cc4)CC3)nc(OCC(F)(F)F)n2)cc1. The van der Waals surface area contributed by atoms with Crippen LogP contribution in [-0.4, -0.2) is 89.6 Å². The topological polar surface area (TPSA) is 177 Å². The van der Waals surface area contributed by atoms with Gasteiger partial charge >= 0.3 is 30.0 Å². The molecule has 0 unspecified atom stereocenters. The van der Waals surface area contributed by atoms with Crippen molar-refractivity contribution in [3.8, 4) is 6.01 Å². The number of ether oxygens (including phenoxy) is 2. The third kappa shape index (κ3) is 10.9. The van der Waals surface area contributed by atoms with Gasteiger partial charge in [-0.3, -0.25) is 14.4 Å². The quantitative estimate of drug-likeness (QED) is 0.102. The van der Waals surface area contributed by atoms with E-state index in [9.17, 15) is 32.3 Å². The lowest BCUT2D eigenvalue weighted by Crippen LogP contribution is -2.43. The number of benzene rings is 2. The lowest BCUT2D eigenvalue weighted by atomic mass is 10.1. The molecule has 0 aliphatic heterocycles. The highest BCUT2D eigenvalue weighted by Crippen LogP contribution is 2.48. The number of nitrogens with zero attached hydrogens (tertiary/aromatic N) is 4. The summed E-state index contributed by atoms with van der Waals surface area (Å²) < 4.78 is 48.7. The standard InChI is InChI=1S/C32H36ClF3N8O6/c1-4-49-27(48)23(6-5-17-37-25(46)26(47)44(2)3)39-24(45)19-7-13-22(14-8-19)38-28-40-29(42-30(41-28)50-18-32(34,35)36)43-31(15-16-31)20-9-11-21(33)12-10-20/h7-14,23H,4-6,15-18H2,1-3H3,(H,37,46)(H,39,45)(H2,38,40,41,42,43)/t23-/m0/s1. The molecule has 0 radical (unpaired) electrons. The maximum atomic E-state index is 13.0. The van der Waals surface area contributed by atoms with Crippen LogP contribution in [-0.2, 0) is 24.7 Å². The Morgan fingerprint density at radius 1 is 0.980 bits per heavy atom. The Balaban J connectivity index is 1.43. The summed E-state index contributed by atoms with van der Waals surface area (Å²) >= 11 is 6.02. The molecule has 1 saturated carbocycles. The summed E-state index contributed by atoms with van der Waals surface area (Å²) in [4.78, 5) is 62.6. The van der Waals surface area contributed by atoms with Crippen LogP contribution in [0.2, 0.25) is 5.02 Å². The number of halogens is 4. The number of hydrogen-bond acceptors (Lipinski definition) is 11. The van der Waals surface area contributed by atoms with Crippen LogP contribution in [0.15, 0.2) is 48.5 Å². The summed E-state index contributed by atoms with van der Waals surface area (Å²) in [6.07, 6.45) is -2.81. The van der Waals surface area contributed by atoms with E-state index in [0.717, 1.165) is 23.3 Å². The second-order valence-corrected chi connectivity index (χ2v) is 11.9. The monoisotopic (exact) mass is 720 g/mol. The van der Waals surface area contributed by atoms with Crippen LogP contribution < -0.4 is 26.0 Å². The zero-order chi connectivity index (χ0) is 36.5. The van der Waals surface area contributed by atoms with Crippen molar-refractivity contribution >= 4 is 52.9 Å². The first-order chi connectivity index (χ1) is 23.7. The van der Waals surface area contributed by atoms with Crippen LogP contribution in [0.5, 0.6) is 6.01 Å². The van der Waals surface area contributed by atoms with Crippen molar-refractivity contribution in [2.24, 2.45) is 0 Å². The van der Waals surface area contributed by atoms with E-state index in [0.29, 0.717) is 10.7 Å². The van der Waals surface area contributed by atoms with Gasteiger partial charge in [0.25, 0.3) is 5.91 Å². The minimum Gasteiger partial charge on any atom is -0.464 e. The first-order valence-corrected chi connectivity index (χ1v) is 15.9. The van der Waals surface area contributed by atoms with Crippen LogP contribution in [0.3, 0.4) is 0 Å². The van der Waals surface area contributed by atoms with E-state index < -0.39 is 54.1 Å². The molecule has 1 aliphatic rings. The summed E-state index contributed by atoms with van der Waals surface area (Å²) in [5, 5.41) is 11.7. The van der Waals surface area contributed by atoms with Gasteiger partial charge in [0.2, 0.25) is 11.9 Å². The van der Waals surface area contributed by atoms with E-state index in [1.165, 1.54) is 38.4 Å². The van der Waals surface area contributed by atoms with Gasteiger partial charge in [0.15, 0.2) is 6.61 Å². The number of carbonyl (C=O) groups excluding carboxylic acids is 4. The van der Waals surface area contributed by atoms with Crippen molar-refractivity contribution in [3.05, 3.63) is 64.7 Å². The highest BCUT2D eigenvalue weighted by Gasteiger charge is 2.45. The average molecular weight is 721 g/mol. The van der Waals surface area contributed by atoms with Gasteiger partial charge < -0.3 is 35.6 Å². The molecule has 3 amide bonds. The van der Waals surface area contributed by atoms with E-state index in [1.807, 2.05) is 12.1 Å². The summed E-state index contributed by atoms with van der Waals surface area (Å²) in [5.41, 5.74) is 0.918. The van der Waals surface area contributed by atoms with Crippen LogP contribution in [0.4, 0.5) is 30.8 Å². The number of carbonyl (C=O) groups is 4. The summed E-state index contributed by atoms with van der Waals surface area (Å²) in [5.74, 6) is -2.90. The molecule has 4 rings (SSSR count). The molecular weight excluding hydrogens is 685 g/mol. The number of anilines is 3. The predicted octanol–water partition coefficient (Wildman–Crippen LogP) is 3.96. The zero-order valence-corrected chi connectivity index (χ0v) is 28.2.